The monoisotopic (exact) mass is 210 g/mol. The minimum atomic E-state index is 1.10. The molecule has 2 aromatic rings. The summed E-state index contributed by atoms with van der Waals surface area (Å²) in [6.45, 7) is 0. The molecule has 0 radical (unpaired) electrons. The Labute approximate surface area is 93.7 Å². The molecule has 0 N–H and O–H groups in total. The number of rotatable bonds is 2. The van der Waals surface area contributed by atoms with Crippen molar-refractivity contribution in [3.8, 4) is 0 Å². The zero-order chi connectivity index (χ0) is 10.5. The van der Waals surface area contributed by atoms with Crippen molar-refractivity contribution in [1.29, 1.82) is 0 Å². The normalized spacial score (nSPS) is 10.9. The SMILES string of the molecule is [SiH3]c1ccccc1C=Cc1ccccc1. The van der Waals surface area contributed by atoms with E-state index in [1.54, 1.807) is 0 Å². The second kappa shape index (κ2) is 4.76. The Morgan fingerprint density at radius 2 is 1.40 bits per heavy atom. The molecule has 0 amide bonds. The number of hydrogen-bond acceptors (Lipinski definition) is 0. The molecule has 0 unspecified atom stereocenters. The first-order chi connectivity index (χ1) is 7.36. The first-order valence-electron chi connectivity index (χ1n) is 5.15. The van der Waals surface area contributed by atoms with Crippen molar-refractivity contribution in [2.45, 2.75) is 0 Å². The van der Waals surface area contributed by atoms with Gasteiger partial charge < -0.3 is 0 Å². The summed E-state index contributed by atoms with van der Waals surface area (Å²) in [5.41, 5.74) is 2.59. The van der Waals surface area contributed by atoms with Crippen LogP contribution < -0.4 is 5.19 Å². The summed E-state index contributed by atoms with van der Waals surface area (Å²) >= 11 is 0. The van der Waals surface area contributed by atoms with Gasteiger partial charge in [0.2, 0.25) is 0 Å². The van der Waals surface area contributed by atoms with E-state index in [1.165, 1.54) is 16.3 Å². The summed E-state index contributed by atoms with van der Waals surface area (Å²) in [5.74, 6) is 0. The molecule has 0 heterocycles. The fourth-order valence-corrected chi connectivity index (χ4v) is 2.05. The van der Waals surface area contributed by atoms with Crippen LogP contribution in [-0.2, 0) is 0 Å². The maximum absolute atomic E-state index is 2.19. The second-order valence-corrected chi connectivity index (χ2v) is 4.68. The van der Waals surface area contributed by atoms with Gasteiger partial charge in [-0.05, 0) is 11.1 Å². The Kier molecular flexibility index (Phi) is 3.15. The van der Waals surface area contributed by atoms with Crippen LogP contribution in [0.3, 0.4) is 0 Å². The highest BCUT2D eigenvalue weighted by Gasteiger charge is 1.90. The Morgan fingerprint density at radius 1 is 0.733 bits per heavy atom. The third-order valence-electron chi connectivity index (χ3n) is 2.44. The molecule has 0 fully saturated rings. The molecule has 15 heavy (non-hydrogen) atoms. The largest absolute Gasteiger partial charge is 0.0637 e. The molecule has 0 aromatic heterocycles. The lowest BCUT2D eigenvalue weighted by molar-refractivity contribution is 1.66. The van der Waals surface area contributed by atoms with Gasteiger partial charge in [-0.2, -0.15) is 0 Å². The Hall–Kier alpha value is -1.60. The third kappa shape index (κ3) is 2.67. The van der Waals surface area contributed by atoms with Crippen molar-refractivity contribution in [3.05, 3.63) is 65.7 Å². The number of hydrogen-bond donors (Lipinski definition) is 0. The van der Waals surface area contributed by atoms with E-state index in [-0.39, 0.29) is 0 Å². The van der Waals surface area contributed by atoms with E-state index >= 15 is 0 Å². The van der Waals surface area contributed by atoms with E-state index in [0.717, 1.165) is 10.2 Å². The highest BCUT2D eigenvalue weighted by atomic mass is 28.1. The smallest absolute Gasteiger partial charge is 0.0392 e. The van der Waals surface area contributed by atoms with Crippen LogP contribution in [0.1, 0.15) is 11.1 Å². The van der Waals surface area contributed by atoms with Gasteiger partial charge in [-0.1, -0.05) is 71.9 Å². The Balaban J connectivity index is 2.23. The van der Waals surface area contributed by atoms with Gasteiger partial charge >= 0.3 is 0 Å². The highest BCUT2D eigenvalue weighted by molar-refractivity contribution is 6.34. The lowest BCUT2D eigenvalue weighted by atomic mass is 10.1. The van der Waals surface area contributed by atoms with Crippen molar-refractivity contribution in [2.24, 2.45) is 0 Å². The van der Waals surface area contributed by atoms with Crippen LogP contribution in [-0.4, -0.2) is 10.2 Å². The maximum Gasteiger partial charge on any atom is 0.0392 e. The van der Waals surface area contributed by atoms with Crippen LogP contribution >= 0.6 is 0 Å². The van der Waals surface area contributed by atoms with Crippen LogP contribution in [0.4, 0.5) is 0 Å². The molecule has 0 aliphatic rings. The first kappa shape index (κ1) is 9.93. The fraction of sp³-hybridized carbons (Fsp3) is 0. The summed E-state index contributed by atoms with van der Waals surface area (Å²) in [6.07, 6.45) is 4.36. The van der Waals surface area contributed by atoms with Crippen molar-refractivity contribution >= 4 is 27.6 Å². The van der Waals surface area contributed by atoms with Gasteiger partial charge in [0.05, 0.1) is 0 Å². The van der Waals surface area contributed by atoms with E-state index < -0.39 is 0 Å². The van der Waals surface area contributed by atoms with E-state index in [4.69, 9.17) is 0 Å². The lowest BCUT2D eigenvalue weighted by Gasteiger charge is -1.98. The quantitative estimate of drug-likeness (QED) is 0.524. The van der Waals surface area contributed by atoms with E-state index in [2.05, 4.69) is 60.7 Å². The first-order valence-corrected chi connectivity index (χ1v) is 6.15. The zero-order valence-electron chi connectivity index (χ0n) is 8.85. The van der Waals surface area contributed by atoms with Crippen molar-refractivity contribution in [1.82, 2.24) is 0 Å². The van der Waals surface area contributed by atoms with Crippen LogP contribution in [0.2, 0.25) is 0 Å². The Bertz CT molecular complexity index is 458. The molecule has 74 valence electrons. The van der Waals surface area contributed by atoms with Gasteiger partial charge in [-0.25, -0.2) is 0 Å². The molecule has 1 heteroatoms. The molecule has 0 aliphatic heterocycles. The molecule has 0 atom stereocenters. The molecule has 0 aliphatic carbocycles. The average molecular weight is 210 g/mol. The van der Waals surface area contributed by atoms with Crippen LogP contribution in [0, 0.1) is 0 Å². The van der Waals surface area contributed by atoms with Gasteiger partial charge in [0.25, 0.3) is 0 Å². The molecule has 2 rings (SSSR count). The minimum Gasteiger partial charge on any atom is -0.0637 e. The standard InChI is InChI=1S/C14H14Si/c15-14-9-5-4-8-13(14)11-10-12-6-2-1-3-7-12/h1-11H,15H3. The van der Waals surface area contributed by atoms with Gasteiger partial charge in [0, 0.05) is 10.2 Å². The van der Waals surface area contributed by atoms with Crippen molar-refractivity contribution in [3.63, 3.8) is 0 Å². The summed E-state index contributed by atoms with van der Waals surface area (Å²) < 4.78 is 0. The lowest BCUT2D eigenvalue weighted by Crippen LogP contribution is -2.04. The molecule has 0 saturated heterocycles. The third-order valence-corrected chi connectivity index (χ3v) is 3.35. The van der Waals surface area contributed by atoms with E-state index in [0.29, 0.717) is 0 Å². The van der Waals surface area contributed by atoms with Gasteiger partial charge in [0.15, 0.2) is 0 Å². The van der Waals surface area contributed by atoms with Crippen LogP contribution in [0.25, 0.3) is 12.2 Å². The molecule has 0 spiro atoms. The predicted octanol–water partition coefficient (Wildman–Crippen LogP) is 1.85. The molecular weight excluding hydrogens is 196 g/mol. The Morgan fingerprint density at radius 3 is 2.13 bits per heavy atom. The topological polar surface area (TPSA) is 0 Å². The van der Waals surface area contributed by atoms with Crippen molar-refractivity contribution < 1.29 is 0 Å². The summed E-state index contributed by atoms with van der Waals surface area (Å²) in [5, 5.41) is 1.45. The summed E-state index contributed by atoms with van der Waals surface area (Å²) in [4.78, 5) is 0. The maximum atomic E-state index is 2.19. The van der Waals surface area contributed by atoms with Crippen molar-refractivity contribution in [2.75, 3.05) is 0 Å². The van der Waals surface area contributed by atoms with Gasteiger partial charge in [0.1, 0.15) is 0 Å². The van der Waals surface area contributed by atoms with Crippen LogP contribution in [0.15, 0.2) is 54.6 Å². The predicted molar refractivity (Wildman–Crippen MR) is 71.4 cm³/mol. The zero-order valence-corrected chi connectivity index (χ0v) is 10.9. The second-order valence-electron chi connectivity index (χ2n) is 3.60. The number of benzene rings is 2. The van der Waals surface area contributed by atoms with Gasteiger partial charge in [-0.3, -0.25) is 0 Å². The summed E-state index contributed by atoms with van der Waals surface area (Å²) in [6, 6.07) is 18.9. The van der Waals surface area contributed by atoms with Gasteiger partial charge in [-0.15, -0.1) is 0 Å². The molecular formula is C14H14Si. The summed E-state index contributed by atoms with van der Waals surface area (Å²) in [7, 11) is 1.10. The van der Waals surface area contributed by atoms with Crippen LogP contribution in [0.5, 0.6) is 0 Å². The minimum absolute atomic E-state index is 1.10. The fourth-order valence-electron chi connectivity index (χ4n) is 1.52. The highest BCUT2D eigenvalue weighted by Crippen LogP contribution is 2.05. The van der Waals surface area contributed by atoms with E-state index in [9.17, 15) is 0 Å². The molecule has 0 saturated carbocycles. The average Bonchev–Trinajstić information content (AvgIpc) is 2.29. The molecule has 0 nitrogen and oxygen atoms in total. The molecule has 0 bridgehead atoms. The molecule has 2 aromatic carbocycles. The van der Waals surface area contributed by atoms with E-state index in [1.807, 2.05) is 6.07 Å².